The fourth-order valence-electron chi connectivity index (χ4n) is 9.29. The van der Waals surface area contributed by atoms with Crippen molar-refractivity contribution in [3.63, 3.8) is 0 Å². The third kappa shape index (κ3) is 22.5. The number of aliphatic carboxylic acids is 3. The van der Waals surface area contributed by atoms with E-state index in [1.807, 2.05) is 5.32 Å². The van der Waals surface area contributed by atoms with Gasteiger partial charge in [-0.1, -0.05) is 0 Å². The summed E-state index contributed by atoms with van der Waals surface area (Å²) in [4.78, 5) is 164. The summed E-state index contributed by atoms with van der Waals surface area (Å²) >= 11 is 0. The molecular weight excluding hydrogens is 1100 g/mol. The van der Waals surface area contributed by atoms with Gasteiger partial charge in [0.1, 0.15) is 23.7 Å². The van der Waals surface area contributed by atoms with Gasteiger partial charge in [0.15, 0.2) is 17.2 Å². The molecule has 2 atom stereocenters. The zero-order valence-corrected chi connectivity index (χ0v) is 48.3. The second-order valence-electron chi connectivity index (χ2n) is 21.0. The maximum atomic E-state index is 14.1. The molecule has 28 nitrogen and oxygen atoms in total. The van der Waals surface area contributed by atoms with Gasteiger partial charge in [-0.25, -0.2) is 14.4 Å². The first kappa shape index (κ1) is 69.4. The van der Waals surface area contributed by atoms with Crippen LogP contribution in [-0.2, 0) is 83.9 Å². The molecule has 2 unspecified atom stereocenters. The highest BCUT2D eigenvalue weighted by Crippen LogP contribution is 2.40. The van der Waals surface area contributed by atoms with Crippen LogP contribution in [0.15, 0.2) is 32.6 Å². The van der Waals surface area contributed by atoms with Crippen LogP contribution in [0, 0.1) is 26.2 Å². The average Bonchev–Trinajstić information content (AvgIpc) is 3.03. The van der Waals surface area contributed by atoms with Crippen LogP contribution in [0.3, 0.4) is 0 Å². The largest absolute Gasteiger partial charge is 0.503 e. The molecular formula is C56H79N9O19. The molecule has 0 fully saturated rings. The van der Waals surface area contributed by atoms with Crippen molar-refractivity contribution in [3.8, 4) is 17.2 Å². The van der Waals surface area contributed by atoms with E-state index in [9.17, 15) is 87.9 Å². The van der Waals surface area contributed by atoms with Gasteiger partial charge in [0.2, 0.25) is 39.9 Å². The predicted octanol–water partition coefficient (Wildman–Crippen LogP) is 1.63. The maximum absolute atomic E-state index is 14.1. The van der Waals surface area contributed by atoms with Gasteiger partial charge in [-0.15, -0.1) is 0 Å². The van der Waals surface area contributed by atoms with E-state index in [0.717, 1.165) is 0 Å². The smallest absolute Gasteiger partial charge is 0.326 e. The first-order chi connectivity index (χ1) is 39.4. The minimum absolute atomic E-state index is 0.00456. The number of carboxylic acids is 3. The number of carbonyl (C=O) groups excluding carboxylic acids is 7. The number of aromatic nitrogens is 3. The highest BCUT2D eigenvalue weighted by Gasteiger charge is 2.35. The number of aryl methyl sites for hydroxylation is 3. The molecule has 6 amide bonds. The Balaban J connectivity index is 1.70. The molecule has 28 heteroatoms. The molecule has 3 aromatic rings. The number of unbranched alkanes of at least 4 members (excludes halogenated alkanes) is 1. The molecule has 3 heterocycles. The monoisotopic (exact) mass is 1180 g/mol. The average molecular weight is 1180 g/mol. The van der Waals surface area contributed by atoms with Crippen LogP contribution in [0.2, 0.25) is 0 Å². The summed E-state index contributed by atoms with van der Waals surface area (Å²) in [7, 11) is 4.79. The molecule has 3 aromatic heterocycles. The summed E-state index contributed by atoms with van der Waals surface area (Å²) in [6.45, 7) is 4.30. The van der Waals surface area contributed by atoms with E-state index >= 15 is 0 Å². The molecule has 3 rings (SSSR count). The number of urea groups is 1. The molecule has 0 spiro atoms. The Kier molecular flexibility index (Phi) is 27.5. The minimum Gasteiger partial charge on any atom is -0.503 e. The number of carboxylic acid groups (broad SMARTS) is 3. The Bertz CT molecular complexity index is 2890. The van der Waals surface area contributed by atoms with E-state index in [-0.39, 0.29) is 151 Å². The van der Waals surface area contributed by atoms with E-state index in [1.165, 1.54) is 31.9 Å². The highest BCUT2D eigenvalue weighted by atomic mass is 16.4. The van der Waals surface area contributed by atoms with Crippen LogP contribution < -0.4 is 48.2 Å². The van der Waals surface area contributed by atoms with Gasteiger partial charge in [0.05, 0.1) is 36.7 Å². The van der Waals surface area contributed by atoms with E-state index in [0.29, 0.717) is 23.5 Å². The number of rotatable bonds is 37. The summed E-state index contributed by atoms with van der Waals surface area (Å²) in [5.41, 5.74) is -1.29. The fraction of sp³-hybridized carbons (Fsp3) is 0.554. The van der Waals surface area contributed by atoms with Gasteiger partial charge in [0, 0.05) is 121 Å². The lowest BCUT2D eigenvalue weighted by Gasteiger charge is -2.34. The Labute approximate surface area is 483 Å². The topological polar surface area (TPSA) is 430 Å². The van der Waals surface area contributed by atoms with Crippen molar-refractivity contribution in [2.24, 2.45) is 26.6 Å². The number of Topliss-reactive ketones (excluding diaryl/α,β-unsaturated/α-hetero) is 2. The molecule has 0 radical (unpaired) electrons. The lowest BCUT2D eigenvalue weighted by atomic mass is 9.71. The number of nitrogens with one attached hydrogen (secondary N) is 6. The van der Waals surface area contributed by atoms with E-state index < -0.39 is 111 Å². The molecule has 0 aliphatic carbocycles. The van der Waals surface area contributed by atoms with Gasteiger partial charge < -0.3 is 76.2 Å². The van der Waals surface area contributed by atoms with Gasteiger partial charge >= 0.3 is 23.9 Å². The van der Waals surface area contributed by atoms with Crippen molar-refractivity contribution < 1.29 is 78.6 Å². The van der Waals surface area contributed by atoms with Crippen LogP contribution in [0.4, 0.5) is 4.79 Å². The maximum Gasteiger partial charge on any atom is 0.326 e. The Morgan fingerprint density at radius 1 is 0.464 bits per heavy atom. The highest BCUT2D eigenvalue weighted by molar-refractivity contribution is 5.86. The first-order valence-electron chi connectivity index (χ1n) is 27.5. The zero-order valence-electron chi connectivity index (χ0n) is 48.3. The van der Waals surface area contributed by atoms with Gasteiger partial charge in [-0.05, 0) is 84.0 Å². The number of hydrogen-bond acceptors (Lipinski definition) is 16. The van der Waals surface area contributed by atoms with Crippen LogP contribution in [0.1, 0.15) is 150 Å². The quantitative estimate of drug-likeness (QED) is 0.0365. The summed E-state index contributed by atoms with van der Waals surface area (Å²) in [6, 6.07) is -0.395. The van der Waals surface area contributed by atoms with Crippen LogP contribution in [0.5, 0.6) is 17.2 Å². The molecule has 0 bridgehead atoms. The lowest BCUT2D eigenvalue weighted by molar-refractivity contribution is -0.141. The molecule has 84 heavy (non-hydrogen) atoms. The van der Waals surface area contributed by atoms with Gasteiger partial charge in [-0.3, -0.25) is 47.9 Å². The Hall–Kier alpha value is -8.85. The third-order valence-corrected chi connectivity index (χ3v) is 14.8. The fourth-order valence-corrected chi connectivity index (χ4v) is 9.29. The molecule has 462 valence electrons. The minimum atomic E-state index is -1.57. The summed E-state index contributed by atoms with van der Waals surface area (Å²) in [5.74, 6) is -8.56. The van der Waals surface area contributed by atoms with Crippen molar-refractivity contribution >= 4 is 59.1 Å². The SMILES string of the molecule is Cc1cc(=O)c(O)c(CNC(=O)CCC(CCC(=O)NCc2c(O)c(=O)cc(C)n2C)(CCC(=O)NCc2c(O)c(=O)cc(C)n2C)CC(=O)CCCC(=O)CCCC(=O)NCCCCC(NC(=O)NC(CCC(=O)O)C(=O)O)C(=O)O)n1C. The number of nitrogens with zero attached hydrogens (tertiary/aromatic N) is 3. The lowest BCUT2D eigenvalue weighted by Crippen LogP contribution is -2.51. The van der Waals surface area contributed by atoms with E-state index in [1.54, 1.807) is 41.9 Å². The summed E-state index contributed by atoms with van der Waals surface area (Å²) in [6.07, 6.45) is -1.75. The van der Waals surface area contributed by atoms with E-state index in [2.05, 4.69) is 26.6 Å². The number of hydrogen-bond donors (Lipinski definition) is 12. The second kappa shape index (κ2) is 33.3. The van der Waals surface area contributed by atoms with Crippen molar-refractivity contribution in [2.45, 2.75) is 168 Å². The molecule has 0 saturated heterocycles. The van der Waals surface area contributed by atoms with Crippen LogP contribution in [0.25, 0.3) is 0 Å². The second-order valence-corrected chi connectivity index (χ2v) is 21.0. The zero-order chi connectivity index (χ0) is 63.0. The number of aromatic hydroxyl groups is 3. The predicted molar refractivity (Wildman–Crippen MR) is 301 cm³/mol. The number of ketones is 2. The summed E-state index contributed by atoms with van der Waals surface area (Å²) in [5, 5.41) is 74.1. The molecule has 12 N–H and O–H groups in total. The number of carbonyl (C=O) groups is 10. The van der Waals surface area contributed by atoms with Crippen LogP contribution in [-0.4, -0.2) is 122 Å². The number of pyridine rings is 3. The third-order valence-electron chi connectivity index (χ3n) is 14.8. The molecule has 0 aromatic carbocycles. The van der Waals surface area contributed by atoms with Crippen LogP contribution >= 0.6 is 0 Å². The first-order valence-corrected chi connectivity index (χ1v) is 27.5. The number of amides is 6. The van der Waals surface area contributed by atoms with E-state index in [4.69, 9.17) is 5.11 Å². The standard InChI is InChI=1S/C56H79N9O19/c1-32-25-42(68)50(77)39(63(32)4)29-58-46(72)18-21-56(22-19-47(73)59-30-40-51(78)43(69)26-33(2)64(40)5,23-20-48(74)60-31-41-52(79)44(70)27-34(3)65(41)6)28-36(67)13-9-11-35(66)12-10-15-45(71)57-24-8-7-14-37(53(80)81)61-55(84)62-38(54(82)83)16-17-49(75)76/h25-27,37-38,77-79H,7-24,28-31H2,1-6H3,(H,57,71)(H,58,72)(H,59,73)(H,60,74)(H,75,76)(H,80,81)(H,82,83)(H2,61,62,84). The van der Waals surface area contributed by atoms with Gasteiger partial charge in [-0.2, -0.15) is 0 Å². The molecule has 0 aliphatic heterocycles. The van der Waals surface area contributed by atoms with Crippen molar-refractivity contribution in [3.05, 3.63) is 83.0 Å². The van der Waals surface area contributed by atoms with Crippen molar-refractivity contribution in [1.29, 1.82) is 0 Å². The molecule has 0 saturated carbocycles. The van der Waals surface area contributed by atoms with Crippen molar-refractivity contribution in [1.82, 2.24) is 45.6 Å². The molecule has 0 aliphatic rings. The Morgan fingerprint density at radius 2 is 0.821 bits per heavy atom. The Morgan fingerprint density at radius 3 is 1.20 bits per heavy atom. The normalized spacial score (nSPS) is 11.9. The van der Waals surface area contributed by atoms with Crippen molar-refractivity contribution in [2.75, 3.05) is 6.54 Å². The summed E-state index contributed by atoms with van der Waals surface area (Å²) < 4.78 is 4.59. The van der Waals surface area contributed by atoms with Gasteiger partial charge in [0.25, 0.3) is 0 Å².